The molecule has 1 aromatic carbocycles. The van der Waals surface area contributed by atoms with E-state index in [1.54, 1.807) is 20.8 Å². The average molecular weight is 213 g/mol. The Kier molecular flexibility index (Phi) is 2.66. The molecule has 1 aromatic rings. The SMILES string of the molecule is CC(C)(C)c1c(O)ccc([N+](=O)[O-])c1F. The molecule has 0 aliphatic heterocycles. The Labute approximate surface area is 86.5 Å². The molecule has 0 aromatic heterocycles. The zero-order valence-electron chi connectivity index (χ0n) is 8.74. The maximum absolute atomic E-state index is 13.7. The minimum absolute atomic E-state index is 0.0308. The van der Waals surface area contributed by atoms with Gasteiger partial charge in [-0.1, -0.05) is 20.8 Å². The molecule has 4 nitrogen and oxygen atoms in total. The van der Waals surface area contributed by atoms with Crippen LogP contribution >= 0.6 is 0 Å². The van der Waals surface area contributed by atoms with Crippen molar-refractivity contribution in [3.05, 3.63) is 33.6 Å². The number of nitro groups is 1. The third-order valence-electron chi connectivity index (χ3n) is 2.05. The van der Waals surface area contributed by atoms with Gasteiger partial charge in [0.2, 0.25) is 5.82 Å². The summed E-state index contributed by atoms with van der Waals surface area (Å²) in [7, 11) is 0. The summed E-state index contributed by atoms with van der Waals surface area (Å²) in [6.07, 6.45) is 0. The summed E-state index contributed by atoms with van der Waals surface area (Å²) >= 11 is 0. The fraction of sp³-hybridized carbons (Fsp3) is 0.400. The van der Waals surface area contributed by atoms with Crippen LogP contribution in [0.3, 0.4) is 0 Å². The predicted molar refractivity (Wildman–Crippen MR) is 53.4 cm³/mol. The Morgan fingerprint density at radius 1 is 1.40 bits per heavy atom. The monoisotopic (exact) mass is 213 g/mol. The van der Waals surface area contributed by atoms with Gasteiger partial charge in [-0.3, -0.25) is 10.1 Å². The van der Waals surface area contributed by atoms with E-state index in [0.717, 1.165) is 12.1 Å². The predicted octanol–water partition coefficient (Wildman–Crippen LogP) is 2.74. The summed E-state index contributed by atoms with van der Waals surface area (Å²) < 4.78 is 13.7. The average Bonchev–Trinajstić information content (AvgIpc) is 2.00. The van der Waals surface area contributed by atoms with Gasteiger partial charge in [0, 0.05) is 11.6 Å². The van der Waals surface area contributed by atoms with Crippen molar-refractivity contribution in [3.63, 3.8) is 0 Å². The van der Waals surface area contributed by atoms with E-state index >= 15 is 0 Å². The van der Waals surface area contributed by atoms with Crippen molar-refractivity contribution in [1.82, 2.24) is 0 Å². The number of phenols is 1. The lowest BCUT2D eigenvalue weighted by Crippen LogP contribution is -2.15. The van der Waals surface area contributed by atoms with Crippen LogP contribution in [0.25, 0.3) is 0 Å². The molecule has 0 aliphatic rings. The van der Waals surface area contributed by atoms with Crippen LogP contribution in [0.4, 0.5) is 10.1 Å². The van der Waals surface area contributed by atoms with Gasteiger partial charge in [-0.2, -0.15) is 4.39 Å². The van der Waals surface area contributed by atoms with Crippen molar-refractivity contribution in [2.24, 2.45) is 0 Å². The number of nitrogens with zero attached hydrogens (tertiary/aromatic N) is 1. The maximum atomic E-state index is 13.7. The number of nitro benzene ring substituents is 1. The van der Waals surface area contributed by atoms with Gasteiger partial charge in [0.15, 0.2) is 0 Å². The van der Waals surface area contributed by atoms with Gasteiger partial charge >= 0.3 is 5.69 Å². The number of phenolic OH excluding ortho intramolecular Hbond substituents is 1. The molecule has 82 valence electrons. The Bertz CT molecular complexity index is 410. The van der Waals surface area contributed by atoms with E-state index in [9.17, 15) is 19.6 Å². The number of hydrogen-bond donors (Lipinski definition) is 1. The first-order valence-electron chi connectivity index (χ1n) is 4.41. The highest BCUT2D eigenvalue weighted by atomic mass is 19.1. The maximum Gasteiger partial charge on any atom is 0.305 e. The Hall–Kier alpha value is -1.65. The summed E-state index contributed by atoms with van der Waals surface area (Å²) in [5.41, 5.74) is -1.32. The van der Waals surface area contributed by atoms with Gasteiger partial charge in [0.05, 0.1) is 4.92 Å². The van der Waals surface area contributed by atoms with Crippen molar-refractivity contribution in [2.45, 2.75) is 26.2 Å². The van der Waals surface area contributed by atoms with Crippen LogP contribution in [0.5, 0.6) is 5.75 Å². The topological polar surface area (TPSA) is 63.4 Å². The number of aromatic hydroxyl groups is 1. The zero-order valence-corrected chi connectivity index (χ0v) is 8.74. The molecule has 15 heavy (non-hydrogen) atoms. The highest BCUT2D eigenvalue weighted by Crippen LogP contribution is 2.36. The summed E-state index contributed by atoms with van der Waals surface area (Å²) in [5, 5.41) is 20.0. The van der Waals surface area contributed by atoms with Gasteiger partial charge in [-0.15, -0.1) is 0 Å². The lowest BCUT2D eigenvalue weighted by Gasteiger charge is -2.20. The van der Waals surface area contributed by atoms with Gasteiger partial charge in [-0.25, -0.2) is 0 Å². The third-order valence-corrected chi connectivity index (χ3v) is 2.05. The smallest absolute Gasteiger partial charge is 0.305 e. The van der Waals surface area contributed by atoms with Crippen LogP contribution in [0, 0.1) is 15.9 Å². The van der Waals surface area contributed by atoms with Crippen LogP contribution in [0.15, 0.2) is 12.1 Å². The second kappa shape index (κ2) is 3.49. The van der Waals surface area contributed by atoms with E-state index in [4.69, 9.17) is 0 Å². The summed E-state index contributed by atoms with van der Waals surface area (Å²) in [6, 6.07) is 2.10. The van der Waals surface area contributed by atoms with Crippen molar-refractivity contribution >= 4 is 5.69 Å². The van der Waals surface area contributed by atoms with Crippen LogP contribution in [0.1, 0.15) is 26.3 Å². The molecular formula is C10H12FNO3. The fourth-order valence-corrected chi connectivity index (χ4v) is 1.41. The Morgan fingerprint density at radius 2 is 1.93 bits per heavy atom. The van der Waals surface area contributed by atoms with E-state index in [0.29, 0.717) is 0 Å². The van der Waals surface area contributed by atoms with Crippen LogP contribution in [-0.4, -0.2) is 10.0 Å². The first kappa shape index (κ1) is 11.4. The molecule has 1 rings (SSSR count). The first-order chi connectivity index (χ1) is 6.75. The molecule has 0 amide bonds. The molecule has 0 spiro atoms. The molecule has 0 bridgehead atoms. The number of benzene rings is 1. The van der Waals surface area contributed by atoms with Crippen molar-refractivity contribution in [3.8, 4) is 5.75 Å². The standard InChI is InChI=1S/C10H12FNO3/c1-10(2,3)8-7(13)5-4-6(9(8)11)12(14)15/h4-5,13H,1-3H3. The minimum atomic E-state index is -0.965. The van der Waals surface area contributed by atoms with E-state index in [1.165, 1.54) is 0 Å². The Balaban J connectivity index is 3.51. The molecule has 0 saturated carbocycles. The second-order valence-electron chi connectivity index (χ2n) is 4.30. The van der Waals surface area contributed by atoms with E-state index in [1.807, 2.05) is 0 Å². The van der Waals surface area contributed by atoms with Gasteiger partial charge in [0.1, 0.15) is 5.75 Å². The molecule has 0 fully saturated rings. The van der Waals surface area contributed by atoms with Gasteiger partial charge < -0.3 is 5.11 Å². The van der Waals surface area contributed by atoms with Crippen molar-refractivity contribution < 1.29 is 14.4 Å². The lowest BCUT2D eigenvalue weighted by atomic mass is 9.85. The molecule has 0 unspecified atom stereocenters. The molecule has 0 atom stereocenters. The van der Waals surface area contributed by atoms with Crippen LogP contribution in [0.2, 0.25) is 0 Å². The normalized spacial score (nSPS) is 11.5. The molecule has 0 saturated heterocycles. The highest BCUT2D eigenvalue weighted by Gasteiger charge is 2.28. The zero-order chi connectivity index (χ0) is 11.8. The fourth-order valence-electron chi connectivity index (χ4n) is 1.41. The summed E-state index contributed by atoms with van der Waals surface area (Å²) in [4.78, 5) is 9.69. The van der Waals surface area contributed by atoms with Gasteiger partial charge in [0.25, 0.3) is 0 Å². The molecule has 1 N–H and O–H groups in total. The molecular weight excluding hydrogens is 201 g/mol. The van der Waals surface area contributed by atoms with Crippen molar-refractivity contribution in [2.75, 3.05) is 0 Å². The largest absolute Gasteiger partial charge is 0.508 e. The third kappa shape index (κ3) is 2.06. The minimum Gasteiger partial charge on any atom is -0.508 e. The van der Waals surface area contributed by atoms with Crippen LogP contribution < -0.4 is 0 Å². The Morgan fingerprint density at radius 3 is 2.33 bits per heavy atom. The van der Waals surface area contributed by atoms with Gasteiger partial charge in [-0.05, 0) is 11.5 Å². The number of hydrogen-bond acceptors (Lipinski definition) is 3. The molecule has 0 radical (unpaired) electrons. The quantitative estimate of drug-likeness (QED) is 0.576. The van der Waals surface area contributed by atoms with Crippen LogP contribution in [-0.2, 0) is 5.41 Å². The molecule has 0 heterocycles. The highest BCUT2D eigenvalue weighted by molar-refractivity contribution is 5.48. The number of halogens is 1. The summed E-state index contributed by atoms with van der Waals surface area (Å²) in [5.74, 6) is -1.22. The summed E-state index contributed by atoms with van der Waals surface area (Å²) in [6.45, 7) is 5.03. The van der Waals surface area contributed by atoms with E-state index in [2.05, 4.69) is 0 Å². The van der Waals surface area contributed by atoms with E-state index in [-0.39, 0.29) is 11.3 Å². The van der Waals surface area contributed by atoms with E-state index < -0.39 is 21.8 Å². The molecule has 5 heteroatoms. The number of rotatable bonds is 1. The lowest BCUT2D eigenvalue weighted by molar-refractivity contribution is -0.387. The second-order valence-corrected chi connectivity index (χ2v) is 4.30. The molecule has 0 aliphatic carbocycles. The first-order valence-corrected chi connectivity index (χ1v) is 4.41. The van der Waals surface area contributed by atoms with Crippen molar-refractivity contribution in [1.29, 1.82) is 0 Å².